The minimum atomic E-state index is -0.781. The highest BCUT2D eigenvalue weighted by molar-refractivity contribution is 6.41. The van der Waals surface area contributed by atoms with Gasteiger partial charge in [-0.15, -0.1) is 0 Å². The number of carbonyl (C=O) groups excluding carboxylic acids is 3. The Morgan fingerprint density at radius 3 is 2.66 bits per heavy atom. The first-order valence-corrected chi connectivity index (χ1v) is 11.1. The molecule has 2 atom stereocenters. The largest absolute Gasteiger partial charge is 0.373 e. The van der Waals surface area contributed by atoms with Gasteiger partial charge in [-0.05, 0) is 24.5 Å². The van der Waals surface area contributed by atoms with Gasteiger partial charge in [0, 0.05) is 26.6 Å². The molecular formula is C22H26Cl2N4O4. The topological polar surface area (TPSA) is 104 Å². The van der Waals surface area contributed by atoms with Crippen molar-refractivity contribution >= 4 is 40.9 Å². The first-order valence-electron chi connectivity index (χ1n) is 10.4. The van der Waals surface area contributed by atoms with Crippen molar-refractivity contribution in [3.8, 4) is 0 Å². The molecule has 10 heteroatoms. The molecule has 0 radical (unpaired) electrons. The van der Waals surface area contributed by atoms with Gasteiger partial charge in [0.2, 0.25) is 11.8 Å². The van der Waals surface area contributed by atoms with Crippen LogP contribution in [0.4, 0.5) is 0 Å². The second-order valence-corrected chi connectivity index (χ2v) is 8.38. The van der Waals surface area contributed by atoms with E-state index in [0.717, 1.165) is 5.56 Å². The van der Waals surface area contributed by atoms with E-state index >= 15 is 0 Å². The van der Waals surface area contributed by atoms with E-state index in [2.05, 4.69) is 15.6 Å². The number of ether oxygens (including phenoxy) is 1. The van der Waals surface area contributed by atoms with Crippen LogP contribution in [-0.4, -0.2) is 66.0 Å². The summed E-state index contributed by atoms with van der Waals surface area (Å²) >= 11 is 11.8. The van der Waals surface area contributed by atoms with E-state index in [9.17, 15) is 14.4 Å². The van der Waals surface area contributed by atoms with Crippen LogP contribution in [0.1, 0.15) is 29.4 Å². The van der Waals surface area contributed by atoms with E-state index in [-0.39, 0.29) is 40.3 Å². The molecule has 3 rings (SSSR count). The Morgan fingerprint density at radius 2 is 2.00 bits per heavy atom. The summed E-state index contributed by atoms with van der Waals surface area (Å²) in [5.74, 6) is -0.842. The number of nitrogens with one attached hydrogen (secondary N) is 3. The number of hydrogen-bond acceptors (Lipinski definition) is 4. The molecule has 0 aliphatic carbocycles. The van der Waals surface area contributed by atoms with Gasteiger partial charge < -0.3 is 25.3 Å². The third-order valence-electron chi connectivity index (χ3n) is 5.24. The molecule has 0 saturated carbocycles. The summed E-state index contributed by atoms with van der Waals surface area (Å²) in [5, 5.41) is 5.98. The summed E-state index contributed by atoms with van der Waals surface area (Å²) in [6.07, 6.45) is 0.696. The predicted octanol–water partition coefficient (Wildman–Crippen LogP) is 2.42. The van der Waals surface area contributed by atoms with E-state index in [4.69, 9.17) is 27.9 Å². The fourth-order valence-corrected chi connectivity index (χ4v) is 3.77. The molecule has 2 heterocycles. The monoisotopic (exact) mass is 480 g/mol. The Labute approximate surface area is 196 Å². The standard InChI is InChI=1S/C22H26Cl2N4O4/c1-14(29)28-9-10-32-16(13-28)12-25-21(30)18(8-7-15-5-3-2-4-6-15)27-22(31)19-11-17(23)20(24)26-19/h2-6,11,16,18,26H,7-10,12-13H2,1H3,(H,25,30)(H,27,31)/t16-,18+/m1/s1. The first kappa shape index (κ1) is 24.1. The number of nitrogens with zero attached hydrogens (tertiary/aromatic N) is 1. The van der Waals surface area contributed by atoms with Crippen LogP contribution in [0.3, 0.4) is 0 Å². The van der Waals surface area contributed by atoms with Gasteiger partial charge in [0.25, 0.3) is 5.91 Å². The SMILES string of the molecule is CC(=O)N1CCO[C@H](CNC(=O)[C@H](CCc2ccccc2)NC(=O)c2cc(Cl)c(Cl)[nH]2)C1. The zero-order valence-electron chi connectivity index (χ0n) is 17.7. The van der Waals surface area contributed by atoms with Gasteiger partial charge >= 0.3 is 0 Å². The van der Waals surface area contributed by atoms with Crippen LogP contribution in [0, 0.1) is 0 Å². The maximum Gasteiger partial charge on any atom is 0.268 e. The lowest BCUT2D eigenvalue weighted by Crippen LogP contribution is -2.52. The molecule has 0 spiro atoms. The highest BCUT2D eigenvalue weighted by Crippen LogP contribution is 2.22. The molecule has 1 aromatic carbocycles. The number of amides is 3. The van der Waals surface area contributed by atoms with Crippen LogP contribution >= 0.6 is 23.2 Å². The molecular weight excluding hydrogens is 455 g/mol. The molecule has 3 N–H and O–H groups in total. The number of H-pyrrole nitrogens is 1. The van der Waals surface area contributed by atoms with E-state index in [1.165, 1.54) is 13.0 Å². The average Bonchev–Trinajstić information content (AvgIpc) is 3.14. The summed E-state index contributed by atoms with van der Waals surface area (Å²) < 4.78 is 5.65. The lowest BCUT2D eigenvalue weighted by Gasteiger charge is -2.32. The van der Waals surface area contributed by atoms with Crippen LogP contribution in [-0.2, 0) is 20.7 Å². The van der Waals surface area contributed by atoms with Gasteiger partial charge in [-0.25, -0.2) is 0 Å². The van der Waals surface area contributed by atoms with Crippen molar-refractivity contribution in [3.63, 3.8) is 0 Å². The lowest BCUT2D eigenvalue weighted by molar-refractivity contribution is -0.136. The number of rotatable bonds is 8. The fraction of sp³-hybridized carbons (Fsp3) is 0.409. The number of hydrogen-bond donors (Lipinski definition) is 3. The number of halogens is 2. The van der Waals surface area contributed by atoms with Crippen LogP contribution < -0.4 is 10.6 Å². The average molecular weight is 481 g/mol. The van der Waals surface area contributed by atoms with Crippen molar-refractivity contribution in [1.29, 1.82) is 0 Å². The molecule has 1 fully saturated rings. The molecule has 1 saturated heterocycles. The number of benzene rings is 1. The van der Waals surface area contributed by atoms with Crippen molar-refractivity contribution in [2.24, 2.45) is 0 Å². The van der Waals surface area contributed by atoms with Crippen LogP contribution in [0.5, 0.6) is 0 Å². The molecule has 0 bridgehead atoms. The summed E-state index contributed by atoms with van der Waals surface area (Å²) in [6, 6.07) is 10.3. The maximum atomic E-state index is 12.9. The van der Waals surface area contributed by atoms with Gasteiger partial charge in [-0.3, -0.25) is 14.4 Å². The number of aromatic amines is 1. The van der Waals surface area contributed by atoms with Crippen LogP contribution in [0.15, 0.2) is 36.4 Å². The second kappa shape index (κ2) is 11.4. The quantitative estimate of drug-likeness (QED) is 0.539. The van der Waals surface area contributed by atoms with Crippen molar-refractivity contribution in [3.05, 3.63) is 57.8 Å². The molecule has 172 valence electrons. The van der Waals surface area contributed by atoms with Gasteiger partial charge in [-0.2, -0.15) is 0 Å². The lowest BCUT2D eigenvalue weighted by atomic mass is 10.0. The molecule has 2 aromatic rings. The van der Waals surface area contributed by atoms with E-state index in [0.29, 0.717) is 32.5 Å². The number of carbonyl (C=O) groups is 3. The number of morpholine rings is 1. The number of aromatic nitrogens is 1. The van der Waals surface area contributed by atoms with Crippen molar-refractivity contribution in [2.45, 2.75) is 31.9 Å². The maximum absolute atomic E-state index is 12.9. The normalized spacial score (nSPS) is 17.0. The second-order valence-electron chi connectivity index (χ2n) is 7.60. The summed E-state index contributed by atoms with van der Waals surface area (Å²) in [5.41, 5.74) is 1.23. The third-order valence-corrected chi connectivity index (χ3v) is 5.94. The van der Waals surface area contributed by atoms with Gasteiger partial charge in [-0.1, -0.05) is 53.5 Å². The zero-order chi connectivity index (χ0) is 23.1. The minimum Gasteiger partial charge on any atom is -0.373 e. The van der Waals surface area contributed by atoms with Crippen molar-refractivity contribution in [1.82, 2.24) is 20.5 Å². The molecule has 0 unspecified atom stereocenters. The Bertz CT molecular complexity index is 931. The smallest absolute Gasteiger partial charge is 0.268 e. The highest BCUT2D eigenvalue weighted by atomic mass is 35.5. The van der Waals surface area contributed by atoms with E-state index < -0.39 is 11.9 Å². The van der Waals surface area contributed by atoms with Gasteiger partial charge in [0.15, 0.2) is 0 Å². The van der Waals surface area contributed by atoms with Crippen LogP contribution in [0.25, 0.3) is 0 Å². The Kier molecular flexibility index (Phi) is 8.55. The predicted molar refractivity (Wildman–Crippen MR) is 122 cm³/mol. The van der Waals surface area contributed by atoms with E-state index in [1.807, 2.05) is 30.3 Å². The zero-order valence-corrected chi connectivity index (χ0v) is 19.2. The van der Waals surface area contributed by atoms with Crippen molar-refractivity contribution < 1.29 is 19.1 Å². The van der Waals surface area contributed by atoms with Crippen molar-refractivity contribution in [2.75, 3.05) is 26.2 Å². The minimum absolute atomic E-state index is 0.0269. The Hall–Kier alpha value is -2.55. The van der Waals surface area contributed by atoms with Gasteiger partial charge in [0.1, 0.15) is 16.9 Å². The van der Waals surface area contributed by atoms with Crippen LogP contribution in [0.2, 0.25) is 10.2 Å². The first-order chi connectivity index (χ1) is 15.3. The molecule has 32 heavy (non-hydrogen) atoms. The molecule has 3 amide bonds. The molecule has 1 aliphatic rings. The summed E-state index contributed by atoms with van der Waals surface area (Å²) in [4.78, 5) is 41.6. The molecule has 1 aliphatic heterocycles. The molecule has 1 aromatic heterocycles. The molecule has 8 nitrogen and oxygen atoms in total. The fourth-order valence-electron chi connectivity index (χ4n) is 3.45. The van der Waals surface area contributed by atoms with E-state index in [1.54, 1.807) is 4.90 Å². The summed E-state index contributed by atoms with van der Waals surface area (Å²) in [7, 11) is 0. The third kappa shape index (κ3) is 6.72. The highest BCUT2D eigenvalue weighted by Gasteiger charge is 2.26. The Morgan fingerprint density at radius 1 is 1.25 bits per heavy atom. The Balaban J connectivity index is 1.62. The van der Waals surface area contributed by atoms with Gasteiger partial charge in [0.05, 0.1) is 17.7 Å². The number of aryl methyl sites for hydroxylation is 1. The summed E-state index contributed by atoms with van der Waals surface area (Å²) in [6.45, 7) is 3.12.